The Hall–Kier alpha value is 0.290. The highest BCUT2D eigenvalue weighted by Crippen LogP contribution is 2.36. The Labute approximate surface area is 70.0 Å². The molecule has 0 bridgehead atoms. The van der Waals surface area contributed by atoms with Gasteiger partial charge in [0, 0.05) is 4.87 Å². The van der Waals surface area contributed by atoms with Crippen LogP contribution in [-0.2, 0) is 0 Å². The van der Waals surface area contributed by atoms with Gasteiger partial charge in [0.05, 0.1) is 0 Å². The quantitative estimate of drug-likeness (QED) is 0.556. The molecule has 0 atom stereocenters. The summed E-state index contributed by atoms with van der Waals surface area (Å²) in [6.07, 6.45) is 1.06. The standard InChI is InChI=1S/C9H19Cl/c1-6-9(10,7(2)3)8(4)5/h7-8H,6H2,1-5H3. The summed E-state index contributed by atoms with van der Waals surface area (Å²) < 4.78 is 0. The minimum absolute atomic E-state index is 0.0139. The van der Waals surface area contributed by atoms with Gasteiger partial charge in [0.1, 0.15) is 0 Å². The molecule has 0 spiro atoms. The fraction of sp³-hybridized carbons (Fsp3) is 1.00. The molecule has 0 aromatic carbocycles. The van der Waals surface area contributed by atoms with Crippen LogP contribution in [0.1, 0.15) is 41.0 Å². The first-order chi connectivity index (χ1) is 4.45. The maximum Gasteiger partial charge on any atom is 0.0489 e. The first-order valence-electron chi connectivity index (χ1n) is 4.14. The molecule has 0 aromatic rings. The van der Waals surface area contributed by atoms with Crippen molar-refractivity contribution in [3.05, 3.63) is 0 Å². The molecule has 62 valence electrons. The first kappa shape index (κ1) is 10.3. The van der Waals surface area contributed by atoms with Crippen molar-refractivity contribution in [1.29, 1.82) is 0 Å². The van der Waals surface area contributed by atoms with Gasteiger partial charge in [0.25, 0.3) is 0 Å². The molecular weight excluding hydrogens is 144 g/mol. The van der Waals surface area contributed by atoms with Crippen LogP contribution >= 0.6 is 11.6 Å². The molecule has 0 heterocycles. The Bertz CT molecular complexity index is 86.9. The highest BCUT2D eigenvalue weighted by Gasteiger charge is 2.32. The second-order valence-corrected chi connectivity index (χ2v) is 4.29. The minimum Gasteiger partial charge on any atom is -0.119 e. The molecule has 0 saturated carbocycles. The van der Waals surface area contributed by atoms with Gasteiger partial charge in [0.2, 0.25) is 0 Å². The molecule has 0 nitrogen and oxygen atoms in total. The van der Waals surface area contributed by atoms with Gasteiger partial charge in [-0.1, -0.05) is 34.6 Å². The van der Waals surface area contributed by atoms with Crippen molar-refractivity contribution in [2.24, 2.45) is 11.8 Å². The predicted molar refractivity (Wildman–Crippen MR) is 48.6 cm³/mol. The van der Waals surface area contributed by atoms with E-state index < -0.39 is 0 Å². The molecule has 0 saturated heterocycles. The number of rotatable bonds is 3. The summed E-state index contributed by atoms with van der Waals surface area (Å²) in [6, 6.07) is 0. The fourth-order valence-corrected chi connectivity index (χ4v) is 1.48. The average Bonchev–Trinajstić information content (AvgIpc) is 1.85. The van der Waals surface area contributed by atoms with Gasteiger partial charge >= 0.3 is 0 Å². The summed E-state index contributed by atoms with van der Waals surface area (Å²) in [5.74, 6) is 1.14. The SMILES string of the molecule is CCC(Cl)(C(C)C)C(C)C. The number of hydrogen-bond acceptors (Lipinski definition) is 0. The molecule has 0 aliphatic carbocycles. The third-order valence-corrected chi connectivity index (χ3v) is 3.60. The summed E-state index contributed by atoms with van der Waals surface area (Å²) in [4.78, 5) is 0.0139. The summed E-state index contributed by atoms with van der Waals surface area (Å²) in [5, 5.41) is 0. The molecular formula is C9H19Cl. The van der Waals surface area contributed by atoms with Crippen LogP contribution in [0.15, 0.2) is 0 Å². The monoisotopic (exact) mass is 162 g/mol. The molecule has 10 heavy (non-hydrogen) atoms. The highest BCUT2D eigenvalue weighted by atomic mass is 35.5. The smallest absolute Gasteiger partial charge is 0.0489 e. The maximum absolute atomic E-state index is 6.39. The van der Waals surface area contributed by atoms with E-state index in [0.29, 0.717) is 11.8 Å². The van der Waals surface area contributed by atoms with Gasteiger partial charge in [-0.2, -0.15) is 0 Å². The number of hydrogen-bond donors (Lipinski definition) is 0. The molecule has 1 heteroatoms. The van der Waals surface area contributed by atoms with E-state index in [4.69, 9.17) is 11.6 Å². The van der Waals surface area contributed by atoms with E-state index in [9.17, 15) is 0 Å². The van der Waals surface area contributed by atoms with E-state index in [2.05, 4.69) is 34.6 Å². The van der Waals surface area contributed by atoms with Crippen molar-refractivity contribution in [3.63, 3.8) is 0 Å². The van der Waals surface area contributed by atoms with Crippen LogP contribution in [0.25, 0.3) is 0 Å². The largest absolute Gasteiger partial charge is 0.119 e. The maximum atomic E-state index is 6.39. The average molecular weight is 163 g/mol. The van der Waals surface area contributed by atoms with E-state index in [0.717, 1.165) is 6.42 Å². The second-order valence-electron chi connectivity index (χ2n) is 3.59. The summed E-state index contributed by atoms with van der Waals surface area (Å²) in [6.45, 7) is 10.9. The zero-order chi connectivity index (χ0) is 8.36. The lowest BCUT2D eigenvalue weighted by Gasteiger charge is -2.34. The van der Waals surface area contributed by atoms with Crippen molar-refractivity contribution in [2.75, 3.05) is 0 Å². The van der Waals surface area contributed by atoms with E-state index in [1.807, 2.05) is 0 Å². The van der Waals surface area contributed by atoms with Crippen LogP contribution < -0.4 is 0 Å². The van der Waals surface area contributed by atoms with Crippen LogP contribution in [0.5, 0.6) is 0 Å². The van der Waals surface area contributed by atoms with Gasteiger partial charge in [-0.3, -0.25) is 0 Å². The van der Waals surface area contributed by atoms with Crippen LogP contribution in [0.4, 0.5) is 0 Å². The number of halogens is 1. The van der Waals surface area contributed by atoms with Crippen LogP contribution in [0.3, 0.4) is 0 Å². The van der Waals surface area contributed by atoms with Crippen molar-refractivity contribution >= 4 is 11.6 Å². The Morgan fingerprint density at radius 2 is 1.40 bits per heavy atom. The molecule has 0 aromatic heterocycles. The molecule has 0 radical (unpaired) electrons. The second kappa shape index (κ2) is 3.61. The lowest BCUT2D eigenvalue weighted by atomic mass is 9.82. The summed E-state index contributed by atoms with van der Waals surface area (Å²) in [5.41, 5.74) is 0. The van der Waals surface area contributed by atoms with E-state index in [1.54, 1.807) is 0 Å². The topological polar surface area (TPSA) is 0 Å². The molecule has 0 amide bonds. The van der Waals surface area contributed by atoms with Crippen LogP contribution in [0.2, 0.25) is 0 Å². The first-order valence-corrected chi connectivity index (χ1v) is 4.51. The fourth-order valence-electron chi connectivity index (χ4n) is 1.48. The lowest BCUT2D eigenvalue weighted by Crippen LogP contribution is -2.33. The van der Waals surface area contributed by atoms with Crippen LogP contribution in [-0.4, -0.2) is 4.87 Å². The Balaban J connectivity index is 4.23. The molecule has 0 unspecified atom stereocenters. The Morgan fingerprint density at radius 3 is 1.40 bits per heavy atom. The third-order valence-electron chi connectivity index (χ3n) is 2.46. The van der Waals surface area contributed by atoms with Gasteiger partial charge in [-0.15, -0.1) is 11.6 Å². The normalized spacial score (nSPS) is 13.2. The van der Waals surface area contributed by atoms with Gasteiger partial charge in [0.15, 0.2) is 0 Å². The Morgan fingerprint density at radius 1 is 1.10 bits per heavy atom. The molecule has 0 N–H and O–H groups in total. The summed E-state index contributed by atoms with van der Waals surface area (Å²) in [7, 11) is 0. The third kappa shape index (κ3) is 1.88. The van der Waals surface area contributed by atoms with Gasteiger partial charge < -0.3 is 0 Å². The van der Waals surface area contributed by atoms with E-state index in [1.165, 1.54) is 0 Å². The molecule has 0 aliphatic heterocycles. The van der Waals surface area contributed by atoms with Gasteiger partial charge in [-0.25, -0.2) is 0 Å². The van der Waals surface area contributed by atoms with Gasteiger partial charge in [-0.05, 0) is 18.3 Å². The minimum atomic E-state index is 0.0139. The highest BCUT2D eigenvalue weighted by molar-refractivity contribution is 6.24. The molecule has 0 aliphatic rings. The van der Waals surface area contributed by atoms with Crippen molar-refractivity contribution in [3.8, 4) is 0 Å². The van der Waals surface area contributed by atoms with Crippen molar-refractivity contribution < 1.29 is 0 Å². The van der Waals surface area contributed by atoms with E-state index >= 15 is 0 Å². The number of alkyl halides is 1. The van der Waals surface area contributed by atoms with Crippen molar-refractivity contribution in [2.45, 2.75) is 45.9 Å². The van der Waals surface area contributed by atoms with E-state index in [-0.39, 0.29) is 4.87 Å². The lowest BCUT2D eigenvalue weighted by molar-refractivity contribution is 0.315. The zero-order valence-corrected chi connectivity index (χ0v) is 8.50. The Kier molecular flexibility index (Phi) is 3.72. The molecule has 0 fully saturated rings. The summed E-state index contributed by atoms with van der Waals surface area (Å²) >= 11 is 6.39. The predicted octanol–water partition coefficient (Wildman–Crippen LogP) is 3.69. The van der Waals surface area contributed by atoms with Crippen molar-refractivity contribution in [1.82, 2.24) is 0 Å². The van der Waals surface area contributed by atoms with Crippen LogP contribution in [0, 0.1) is 11.8 Å². The molecule has 0 rings (SSSR count). The zero-order valence-electron chi connectivity index (χ0n) is 7.74.